The van der Waals surface area contributed by atoms with E-state index in [1.165, 1.54) is 29.2 Å². The first-order valence-electron chi connectivity index (χ1n) is 13.2. The smallest absolute Gasteiger partial charge is 0.407 e. The maximum Gasteiger partial charge on any atom is 0.407 e. The molecule has 208 valence electrons. The molecule has 39 heavy (non-hydrogen) atoms. The van der Waals surface area contributed by atoms with Crippen LogP contribution >= 0.6 is 0 Å². The number of aromatic nitrogens is 1. The minimum absolute atomic E-state index is 0.139. The summed E-state index contributed by atoms with van der Waals surface area (Å²) in [5.74, 6) is 0.0305. The van der Waals surface area contributed by atoms with Gasteiger partial charge in [-0.1, -0.05) is 44.2 Å². The number of pyridine rings is 1. The second-order valence-electron chi connectivity index (χ2n) is 10.4. The van der Waals surface area contributed by atoms with Crippen molar-refractivity contribution in [1.82, 2.24) is 14.8 Å². The number of amides is 2. The van der Waals surface area contributed by atoms with Crippen molar-refractivity contribution < 1.29 is 19.1 Å². The number of methoxy groups -OCH3 is 1. The molecule has 0 radical (unpaired) electrons. The molecule has 9 nitrogen and oxygen atoms in total. The van der Waals surface area contributed by atoms with Gasteiger partial charge in [-0.25, -0.2) is 4.79 Å². The van der Waals surface area contributed by atoms with E-state index in [0.29, 0.717) is 30.9 Å². The molecule has 9 heteroatoms. The van der Waals surface area contributed by atoms with Crippen LogP contribution in [0.15, 0.2) is 58.5 Å². The number of rotatable bonds is 12. The van der Waals surface area contributed by atoms with Crippen LogP contribution in [0.2, 0.25) is 0 Å². The maximum absolute atomic E-state index is 13.3. The predicted molar refractivity (Wildman–Crippen MR) is 152 cm³/mol. The molecule has 0 saturated carbocycles. The number of hydrogen-bond acceptors (Lipinski definition) is 6. The lowest BCUT2D eigenvalue weighted by molar-refractivity contribution is -0.123. The van der Waals surface area contributed by atoms with Crippen molar-refractivity contribution in [2.75, 3.05) is 21.2 Å². The molecule has 1 aromatic carbocycles. The molecule has 0 fully saturated rings. The van der Waals surface area contributed by atoms with E-state index in [-0.39, 0.29) is 30.1 Å². The highest BCUT2D eigenvalue weighted by Gasteiger charge is 2.23. The van der Waals surface area contributed by atoms with Gasteiger partial charge in [0.1, 0.15) is 0 Å². The lowest BCUT2D eigenvalue weighted by Gasteiger charge is -2.16. The first-order chi connectivity index (χ1) is 18.6. The average Bonchev–Trinajstić information content (AvgIpc) is 3.31. The van der Waals surface area contributed by atoms with Gasteiger partial charge < -0.3 is 19.5 Å². The zero-order chi connectivity index (χ0) is 28.5. The second-order valence-corrected chi connectivity index (χ2v) is 10.4. The fourth-order valence-electron chi connectivity index (χ4n) is 4.51. The van der Waals surface area contributed by atoms with Crippen LogP contribution in [-0.4, -0.2) is 60.2 Å². The summed E-state index contributed by atoms with van der Waals surface area (Å²) in [7, 11) is 4.51. The number of alkyl carbamates (subject to hydrolysis) is 1. The van der Waals surface area contributed by atoms with Gasteiger partial charge in [-0.3, -0.25) is 19.4 Å². The summed E-state index contributed by atoms with van der Waals surface area (Å²) in [5.41, 5.74) is 4.37. The number of para-hydroxylation sites is 1. The van der Waals surface area contributed by atoms with Gasteiger partial charge in [-0.2, -0.15) is 0 Å². The number of nitrogens with zero attached hydrogens (tertiary/aromatic N) is 3. The number of Topliss-reactive ketones (excluding diaryl/α,β-unsaturated/α-hetero) is 1. The predicted octanol–water partition coefficient (Wildman–Crippen LogP) is 3.64. The molecule has 0 spiro atoms. The van der Waals surface area contributed by atoms with Gasteiger partial charge in [0.2, 0.25) is 5.91 Å². The molecule has 1 N–H and O–H groups in total. The molecule has 0 aliphatic carbocycles. The standard InChI is InChI=1S/C30H38N4O5/c1-20(2)16-21-10-8-11-22-17-24(31-28(21)22)19-34-15-9-12-23(29(34)37)18-26(35)25(32-30(38)39-5)13-6-7-14-27(36)33(3)4/h7-12,14-15,20,25H,6,13,16-19H2,1-5H3,(H,32,38)/b14-7+/t25-/m0/s1. The summed E-state index contributed by atoms with van der Waals surface area (Å²) in [5, 5.41) is 2.55. The quantitative estimate of drug-likeness (QED) is 0.418. The number of ketones is 1. The molecule has 1 atom stereocenters. The molecular formula is C30H38N4O5. The summed E-state index contributed by atoms with van der Waals surface area (Å²) in [6, 6.07) is 8.76. The molecule has 0 saturated heterocycles. The minimum Gasteiger partial charge on any atom is -0.453 e. The molecule has 1 aliphatic rings. The SMILES string of the molecule is COC(=O)N[C@@H](CC/C=C/C(=O)N(C)C)C(=O)Cc1cccn(CC2=Nc3c(cccc3CC(C)C)C2)c1=O. The minimum atomic E-state index is -0.863. The summed E-state index contributed by atoms with van der Waals surface area (Å²) >= 11 is 0. The molecule has 0 unspecified atom stereocenters. The Bertz CT molecular complexity index is 1320. The third kappa shape index (κ3) is 8.24. The first kappa shape index (κ1) is 29.5. The highest BCUT2D eigenvalue weighted by atomic mass is 16.5. The molecule has 3 rings (SSSR count). The number of carbonyl (C=O) groups excluding carboxylic acids is 3. The Hall–Kier alpha value is -4.01. The van der Waals surface area contributed by atoms with E-state index in [4.69, 9.17) is 4.99 Å². The largest absolute Gasteiger partial charge is 0.453 e. The molecule has 2 amide bonds. The first-order valence-corrected chi connectivity index (χ1v) is 13.2. The Morgan fingerprint density at radius 3 is 2.59 bits per heavy atom. The van der Waals surface area contributed by atoms with E-state index in [0.717, 1.165) is 17.8 Å². The highest BCUT2D eigenvalue weighted by molar-refractivity contribution is 5.94. The number of ether oxygens (including phenoxy) is 1. The van der Waals surface area contributed by atoms with E-state index in [1.54, 1.807) is 43.1 Å². The Morgan fingerprint density at radius 2 is 1.90 bits per heavy atom. The van der Waals surface area contributed by atoms with Crippen molar-refractivity contribution in [3.63, 3.8) is 0 Å². The summed E-state index contributed by atoms with van der Waals surface area (Å²) < 4.78 is 6.25. The van der Waals surface area contributed by atoms with Crippen LogP contribution in [0.4, 0.5) is 10.5 Å². The van der Waals surface area contributed by atoms with Gasteiger partial charge in [-0.05, 0) is 48.4 Å². The Labute approximate surface area is 229 Å². The van der Waals surface area contributed by atoms with Gasteiger partial charge in [0.05, 0.1) is 25.4 Å². The van der Waals surface area contributed by atoms with Crippen molar-refractivity contribution in [3.8, 4) is 0 Å². The number of likely N-dealkylation sites (N-methyl/N-ethyl adjacent to an activating group) is 1. The summed E-state index contributed by atoms with van der Waals surface area (Å²) in [6.45, 7) is 4.70. The lowest BCUT2D eigenvalue weighted by atomic mass is 9.98. The van der Waals surface area contributed by atoms with E-state index >= 15 is 0 Å². The molecular weight excluding hydrogens is 496 g/mol. The van der Waals surface area contributed by atoms with Gasteiger partial charge in [-0.15, -0.1) is 0 Å². The Kier molecular flexibility index (Phi) is 10.4. The van der Waals surface area contributed by atoms with Gasteiger partial charge in [0.25, 0.3) is 5.56 Å². The lowest BCUT2D eigenvalue weighted by Crippen LogP contribution is -2.42. The number of hydrogen-bond donors (Lipinski definition) is 1. The topological polar surface area (TPSA) is 110 Å². The van der Waals surface area contributed by atoms with Crippen molar-refractivity contribution in [2.24, 2.45) is 10.9 Å². The molecule has 2 heterocycles. The van der Waals surface area contributed by atoms with E-state index in [9.17, 15) is 19.2 Å². The van der Waals surface area contributed by atoms with Crippen LogP contribution in [0, 0.1) is 5.92 Å². The van der Waals surface area contributed by atoms with E-state index in [2.05, 4.69) is 42.1 Å². The number of carbonyl (C=O) groups is 3. The number of aliphatic imine (C=N–C) groups is 1. The van der Waals surface area contributed by atoms with Crippen LogP contribution in [0.5, 0.6) is 0 Å². The van der Waals surface area contributed by atoms with Crippen molar-refractivity contribution in [3.05, 3.63) is 75.7 Å². The zero-order valence-corrected chi connectivity index (χ0v) is 23.4. The normalized spacial score (nSPS) is 13.2. The average molecular weight is 535 g/mol. The van der Waals surface area contributed by atoms with Crippen LogP contribution < -0.4 is 10.9 Å². The van der Waals surface area contributed by atoms with Crippen molar-refractivity contribution >= 4 is 29.2 Å². The van der Waals surface area contributed by atoms with Gasteiger partial charge >= 0.3 is 6.09 Å². The number of nitrogens with one attached hydrogen (secondary N) is 1. The third-order valence-corrected chi connectivity index (χ3v) is 6.50. The van der Waals surface area contributed by atoms with E-state index in [1.807, 2.05) is 0 Å². The molecule has 0 bridgehead atoms. The fourth-order valence-corrected chi connectivity index (χ4v) is 4.51. The maximum atomic E-state index is 13.3. The highest BCUT2D eigenvalue weighted by Crippen LogP contribution is 2.32. The number of fused-ring (bicyclic) bond motifs is 1. The van der Waals surface area contributed by atoms with Crippen molar-refractivity contribution in [1.29, 1.82) is 0 Å². The zero-order valence-electron chi connectivity index (χ0n) is 23.4. The van der Waals surface area contributed by atoms with Crippen LogP contribution in [0.25, 0.3) is 0 Å². The Balaban J connectivity index is 1.72. The van der Waals surface area contributed by atoms with E-state index < -0.39 is 12.1 Å². The second kappa shape index (κ2) is 13.7. The molecule has 2 aromatic rings. The third-order valence-electron chi connectivity index (χ3n) is 6.50. The summed E-state index contributed by atoms with van der Waals surface area (Å²) in [6.07, 6.45) is 6.19. The number of benzene rings is 1. The fraction of sp³-hybridized carbons (Fsp3) is 0.433. The number of allylic oxidation sites excluding steroid dienone is 1. The van der Waals surface area contributed by atoms with Gasteiger partial charge in [0.15, 0.2) is 5.78 Å². The monoisotopic (exact) mass is 534 g/mol. The van der Waals surface area contributed by atoms with Crippen LogP contribution in [-0.2, 0) is 40.1 Å². The molecule has 1 aromatic heterocycles. The molecule has 1 aliphatic heterocycles. The summed E-state index contributed by atoms with van der Waals surface area (Å²) in [4.78, 5) is 56.3. The van der Waals surface area contributed by atoms with Crippen molar-refractivity contribution in [2.45, 2.75) is 58.5 Å². The van der Waals surface area contributed by atoms with Gasteiger partial charge in [0, 0.05) is 44.4 Å². The Morgan fingerprint density at radius 1 is 1.15 bits per heavy atom. The van der Waals surface area contributed by atoms with Crippen LogP contribution in [0.1, 0.15) is 43.4 Å². The van der Waals surface area contributed by atoms with Crippen LogP contribution in [0.3, 0.4) is 0 Å².